The van der Waals surface area contributed by atoms with E-state index in [4.69, 9.17) is 16.3 Å². The SMILES string of the molecule is CCc1cc(Oc2ccc(Cl)c(C)c2)nc(SCc2cccc([N+](=O)[O-])c2)n1. The second kappa shape index (κ2) is 9.03. The summed E-state index contributed by atoms with van der Waals surface area (Å²) in [7, 11) is 0. The second-order valence-corrected chi connectivity index (χ2v) is 7.41. The number of benzene rings is 2. The van der Waals surface area contributed by atoms with Gasteiger partial charge in [-0.15, -0.1) is 0 Å². The van der Waals surface area contributed by atoms with Gasteiger partial charge in [0, 0.05) is 34.7 Å². The Kier molecular flexibility index (Phi) is 6.49. The predicted molar refractivity (Wildman–Crippen MR) is 110 cm³/mol. The molecule has 1 heterocycles. The Morgan fingerprint density at radius 3 is 2.71 bits per heavy atom. The van der Waals surface area contributed by atoms with Crippen LogP contribution in [0.2, 0.25) is 5.02 Å². The fraction of sp³-hybridized carbons (Fsp3) is 0.200. The van der Waals surface area contributed by atoms with Gasteiger partial charge in [-0.3, -0.25) is 10.1 Å². The van der Waals surface area contributed by atoms with E-state index in [1.807, 2.05) is 26.0 Å². The van der Waals surface area contributed by atoms with Crippen molar-refractivity contribution in [1.82, 2.24) is 9.97 Å². The van der Waals surface area contributed by atoms with Gasteiger partial charge in [0.1, 0.15) is 5.75 Å². The molecule has 8 heteroatoms. The summed E-state index contributed by atoms with van der Waals surface area (Å²) in [6, 6.07) is 13.8. The molecule has 0 atom stereocenters. The van der Waals surface area contributed by atoms with Gasteiger partial charge in [-0.25, -0.2) is 4.98 Å². The lowest BCUT2D eigenvalue weighted by Gasteiger charge is -2.09. The first kappa shape index (κ1) is 20.1. The van der Waals surface area contributed by atoms with Crippen LogP contribution in [0.15, 0.2) is 53.7 Å². The molecule has 28 heavy (non-hydrogen) atoms. The average Bonchev–Trinajstić information content (AvgIpc) is 2.69. The summed E-state index contributed by atoms with van der Waals surface area (Å²) >= 11 is 7.47. The molecule has 0 unspecified atom stereocenters. The van der Waals surface area contributed by atoms with Crippen LogP contribution in [-0.4, -0.2) is 14.9 Å². The number of hydrogen-bond acceptors (Lipinski definition) is 6. The fourth-order valence-electron chi connectivity index (χ4n) is 2.46. The van der Waals surface area contributed by atoms with Crippen LogP contribution in [-0.2, 0) is 12.2 Å². The Bertz CT molecular complexity index is 1010. The molecule has 3 aromatic rings. The van der Waals surface area contributed by atoms with E-state index in [0.29, 0.717) is 27.6 Å². The summed E-state index contributed by atoms with van der Waals surface area (Å²) in [6.45, 7) is 3.92. The maximum atomic E-state index is 10.9. The van der Waals surface area contributed by atoms with E-state index in [9.17, 15) is 10.1 Å². The van der Waals surface area contributed by atoms with Gasteiger partial charge in [0.25, 0.3) is 5.69 Å². The number of nitrogens with zero attached hydrogens (tertiary/aromatic N) is 3. The zero-order valence-electron chi connectivity index (χ0n) is 15.4. The maximum absolute atomic E-state index is 10.9. The third-order valence-electron chi connectivity index (χ3n) is 3.94. The van der Waals surface area contributed by atoms with E-state index in [2.05, 4.69) is 9.97 Å². The third-order valence-corrected chi connectivity index (χ3v) is 5.28. The largest absolute Gasteiger partial charge is 0.439 e. The van der Waals surface area contributed by atoms with Crippen molar-refractivity contribution in [3.05, 3.63) is 80.5 Å². The highest BCUT2D eigenvalue weighted by Crippen LogP contribution is 2.28. The molecule has 6 nitrogen and oxygen atoms in total. The summed E-state index contributed by atoms with van der Waals surface area (Å²) in [6.07, 6.45) is 0.739. The molecular weight excluding hydrogens is 398 g/mol. The van der Waals surface area contributed by atoms with Gasteiger partial charge in [0.2, 0.25) is 5.88 Å². The standard InChI is InChI=1S/C20H18ClN3O3S/c1-3-15-11-19(27-17-7-8-18(21)13(2)9-17)23-20(22-15)28-12-14-5-4-6-16(10-14)24(25)26/h4-11H,3,12H2,1-2H3. The lowest BCUT2D eigenvalue weighted by Crippen LogP contribution is -1.98. The van der Waals surface area contributed by atoms with Crippen LogP contribution in [0.4, 0.5) is 5.69 Å². The Balaban J connectivity index is 1.77. The monoisotopic (exact) mass is 415 g/mol. The highest BCUT2D eigenvalue weighted by molar-refractivity contribution is 7.98. The average molecular weight is 416 g/mol. The number of ether oxygens (including phenoxy) is 1. The number of nitro benzene ring substituents is 1. The quantitative estimate of drug-likeness (QED) is 0.204. The summed E-state index contributed by atoms with van der Waals surface area (Å²) in [5, 5.41) is 12.2. The van der Waals surface area contributed by atoms with Crippen LogP contribution >= 0.6 is 23.4 Å². The molecule has 0 saturated heterocycles. The Labute approximate surface area is 172 Å². The zero-order valence-corrected chi connectivity index (χ0v) is 17.0. The van der Waals surface area contributed by atoms with Crippen LogP contribution in [0.5, 0.6) is 11.6 Å². The lowest BCUT2D eigenvalue weighted by atomic mass is 10.2. The number of rotatable bonds is 7. The third kappa shape index (κ3) is 5.21. The first-order chi connectivity index (χ1) is 13.4. The molecule has 0 spiro atoms. The van der Waals surface area contributed by atoms with Crippen LogP contribution in [0, 0.1) is 17.0 Å². The van der Waals surface area contributed by atoms with Crippen molar-refractivity contribution in [3.8, 4) is 11.6 Å². The van der Waals surface area contributed by atoms with Crippen LogP contribution in [0.25, 0.3) is 0 Å². The molecule has 0 amide bonds. The number of aromatic nitrogens is 2. The predicted octanol–water partition coefficient (Wildman–Crippen LogP) is 5.99. The van der Waals surface area contributed by atoms with Gasteiger partial charge >= 0.3 is 0 Å². The first-order valence-corrected chi connectivity index (χ1v) is 9.99. The van der Waals surface area contributed by atoms with Crippen molar-refractivity contribution in [2.75, 3.05) is 0 Å². The number of aryl methyl sites for hydroxylation is 2. The smallest absolute Gasteiger partial charge is 0.269 e. The van der Waals surface area contributed by atoms with E-state index >= 15 is 0 Å². The van der Waals surface area contributed by atoms with Crippen LogP contribution in [0.3, 0.4) is 0 Å². The molecule has 0 N–H and O–H groups in total. The molecule has 2 aromatic carbocycles. The number of thioether (sulfide) groups is 1. The number of halogens is 1. The van der Waals surface area contributed by atoms with E-state index in [1.165, 1.54) is 17.8 Å². The molecule has 3 rings (SSSR count). The van der Waals surface area contributed by atoms with Gasteiger partial charge in [0.05, 0.1) is 4.92 Å². The summed E-state index contributed by atoms with van der Waals surface area (Å²) in [5.41, 5.74) is 2.69. The molecule has 0 aliphatic heterocycles. The minimum atomic E-state index is -0.400. The van der Waals surface area contributed by atoms with Gasteiger partial charge in [-0.1, -0.05) is 42.4 Å². The van der Waals surface area contributed by atoms with Crippen LogP contribution in [0.1, 0.15) is 23.7 Å². The van der Waals surface area contributed by atoms with Crippen molar-refractivity contribution in [3.63, 3.8) is 0 Å². The topological polar surface area (TPSA) is 78.2 Å². The lowest BCUT2D eigenvalue weighted by molar-refractivity contribution is -0.384. The molecule has 0 bridgehead atoms. The van der Waals surface area contributed by atoms with E-state index in [-0.39, 0.29) is 5.69 Å². The zero-order chi connectivity index (χ0) is 20.1. The highest BCUT2D eigenvalue weighted by Gasteiger charge is 2.10. The van der Waals surface area contributed by atoms with Crippen molar-refractivity contribution in [2.45, 2.75) is 31.2 Å². The Morgan fingerprint density at radius 1 is 1.18 bits per heavy atom. The van der Waals surface area contributed by atoms with Crippen molar-refractivity contribution in [1.29, 1.82) is 0 Å². The molecule has 1 aromatic heterocycles. The summed E-state index contributed by atoms with van der Waals surface area (Å²) in [4.78, 5) is 19.5. The number of hydrogen-bond donors (Lipinski definition) is 0. The second-order valence-electron chi connectivity index (χ2n) is 6.06. The number of non-ortho nitro benzene ring substituents is 1. The van der Waals surface area contributed by atoms with Crippen molar-refractivity contribution in [2.24, 2.45) is 0 Å². The van der Waals surface area contributed by atoms with E-state index < -0.39 is 4.92 Å². The molecule has 0 fully saturated rings. The van der Waals surface area contributed by atoms with E-state index in [1.54, 1.807) is 30.3 Å². The molecule has 0 radical (unpaired) electrons. The van der Waals surface area contributed by atoms with Gasteiger partial charge in [-0.2, -0.15) is 4.98 Å². The molecule has 0 aliphatic rings. The molecular formula is C20H18ClN3O3S. The number of nitro groups is 1. The van der Waals surface area contributed by atoms with Gasteiger partial charge < -0.3 is 4.74 Å². The Morgan fingerprint density at radius 2 is 2.00 bits per heavy atom. The summed E-state index contributed by atoms with van der Waals surface area (Å²) in [5.74, 6) is 1.63. The fourth-order valence-corrected chi connectivity index (χ4v) is 3.39. The Hall–Kier alpha value is -2.64. The molecule has 0 aliphatic carbocycles. The van der Waals surface area contributed by atoms with E-state index in [0.717, 1.165) is 23.2 Å². The normalized spacial score (nSPS) is 10.7. The molecule has 0 saturated carbocycles. The molecule has 144 valence electrons. The minimum absolute atomic E-state index is 0.0726. The maximum Gasteiger partial charge on any atom is 0.269 e. The highest BCUT2D eigenvalue weighted by atomic mass is 35.5. The first-order valence-electron chi connectivity index (χ1n) is 8.62. The van der Waals surface area contributed by atoms with Gasteiger partial charge in [-0.05, 0) is 42.7 Å². The van der Waals surface area contributed by atoms with Crippen molar-refractivity contribution < 1.29 is 9.66 Å². The van der Waals surface area contributed by atoms with Crippen LogP contribution < -0.4 is 4.74 Å². The summed E-state index contributed by atoms with van der Waals surface area (Å²) < 4.78 is 5.89. The van der Waals surface area contributed by atoms with Crippen molar-refractivity contribution >= 4 is 29.1 Å². The minimum Gasteiger partial charge on any atom is -0.439 e. The van der Waals surface area contributed by atoms with Gasteiger partial charge in [0.15, 0.2) is 5.16 Å².